The maximum Gasteiger partial charge on any atom is 0.344 e. The number of hydrogen-bond acceptors (Lipinski definition) is 6. The van der Waals surface area contributed by atoms with Gasteiger partial charge in [-0.05, 0) is 61.9 Å². The average molecular weight is 479 g/mol. The summed E-state index contributed by atoms with van der Waals surface area (Å²) < 4.78 is 18.6. The first-order chi connectivity index (χ1) is 17.6. The van der Waals surface area contributed by atoms with E-state index in [9.17, 15) is 14.9 Å². The van der Waals surface area contributed by atoms with Gasteiger partial charge in [0.2, 0.25) is 0 Å². The molecule has 0 aliphatic heterocycles. The van der Waals surface area contributed by atoms with Crippen molar-refractivity contribution in [1.82, 2.24) is 4.57 Å². The van der Waals surface area contributed by atoms with E-state index in [4.69, 9.17) is 13.9 Å². The van der Waals surface area contributed by atoms with E-state index in [-0.39, 0.29) is 12.2 Å². The number of hydrogen-bond donors (Lipinski definition) is 0. The Kier molecular flexibility index (Phi) is 6.01. The molecule has 0 unspecified atom stereocenters. The molecule has 2 aromatic heterocycles. The van der Waals surface area contributed by atoms with E-state index in [0.717, 1.165) is 0 Å². The van der Waals surface area contributed by atoms with Gasteiger partial charge in [0, 0.05) is 10.9 Å². The van der Waals surface area contributed by atoms with Crippen molar-refractivity contribution in [3.63, 3.8) is 0 Å². The number of carbonyl (C=O) groups excluding carboxylic acids is 1. The lowest BCUT2D eigenvalue weighted by molar-refractivity contribution is 0.0525. The van der Waals surface area contributed by atoms with Crippen molar-refractivity contribution in [1.29, 1.82) is 5.26 Å². The molecule has 0 saturated heterocycles. The van der Waals surface area contributed by atoms with Crippen LogP contribution in [0.2, 0.25) is 0 Å². The van der Waals surface area contributed by atoms with Gasteiger partial charge in [0.25, 0.3) is 5.56 Å². The van der Waals surface area contributed by atoms with Crippen molar-refractivity contribution in [3.8, 4) is 28.6 Å². The van der Waals surface area contributed by atoms with Crippen molar-refractivity contribution in [2.75, 3.05) is 13.2 Å². The molecule has 2 heterocycles. The molecule has 0 N–H and O–H groups in total. The quantitative estimate of drug-likeness (QED) is 0.284. The molecule has 0 spiro atoms. The Morgan fingerprint density at radius 3 is 2.50 bits per heavy atom. The number of esters is 1. The van der Waals surface area contributed by atoms with Crippen molar-refractivity contribution in [2.24, 2.45) is 0 Å². The van der Waals surface area contributed by atoms with E-state index >= 15 is 0 Å². The number of aromatic nitrogens is 1. The third-order valence-electron chi connectivity index (χ3n) is 5.85. The number of nitrogens with zero attached hydrogens (tertiary/aromatic N) is 2. The molecule has 3 aromatic carbocycles. The van der Waals surface area contributed by atoms with E-state index in [1.54, 1.807) is 55.5 Å². The first-order valence-corrected chi connectivity index (χ1v) is 11.6. The van der Waals surface area contributed by atoms with E-state index < -0.39 is 11.5 Å². The summed E-state index contributed by atoms with van der Waals surface area (Å²) in [6, 6.07) is 23.3. The second-order valence-electron chi connectivity index (χ2n) is 8.01. The summed E-state index contributed by atoms with van der Waals surface area (Å²) >= 11 is 0. The van der Waals surface area contributed by atoms with Crippen molar-refractivity contribution < 1.29 is 18.7 Å². The van der Waals surface area contributed by atoms with E-state index in [1.165, 1.54) is 4.57 Å². The summed E-state index contributed by atoms with van der Waals surface area (Å²) in [5, 5.41) is 10.2. The highest BCUT2D eigenvalue weighted by molar-refractivity contribution is 6.13. The lowest BCUT2D eigenvalue weighted by Crippen LogP contribution is -2.28. The first kappa shape index (κ1) is 22.9. The number of fused-ring (bicyclic) bond motifs is 3. The van der Waals surface area contributed by atoms with Crippen molar-refractivity contribution in [3.05, 3.63) is 94.3 Å². The molecule has 7 nitrogen and oxygen atoms in total. The second kappa shape index (κ2) is 9.43. The largest absolute Gasteiger partial charge is 0.494 e. The molecular formula is C29H22N2O5. The third-order valence-corrected chi connectivity index (χ3v) is 5.85. The summed E-state index contributed by atoms with van der Waals surface area (Å²) in [4.78, 5) is 27.4. The van der Waals surface area contributed by atoms with Crippen LogP contribution in [0, 0.1) is 11.3 Å². The predicted octanol–water partition coefficient (Wildman–Crippen LogP) is 5.85. The predicted molar refractivity (Wildman–Crippen MR) is 137 cm³/mol. The van der Waals surface area contributed by atoms with E-state index in [1.807, 2.05) is 31.2 Å². The van der Waals surface area contributed by atoms with Gasteiger partial charge < -0.3 is 13.9 Å². The van der Waals surface area contributed by atoms with Crippen LogP contribution in [-0.2, 0) is 4.74 Å². The van der Waals surface area contributed by atoms with Crippen LogP contribution in [0.15, 0.2) is 82.0 Å². The fraction of sp³-hybridized carbons (Fsp3) is 0.138. The Morgan fingerprint density at radius 2 is 1.78 bits per heavy atom. The number of nitriles is 1. The standard InChI is InChI=1S/C29H22N2O5/c1-3-34-21-14-12-19(13-15-21)24-25(29(33)35-4-2)28(32)31(20-9-7-8-18(16-20)17-30)26-22-10-5-6-11-23(22)36-27(24)26/h5-16H,3-4H2,1-2H3. The van der Waals surface area contributed by atoms with E-state index in [2.05, 4.69) is 6.07 Å². The number of ether oxygens (including phenoxy) is 2. The Hall–Kier alpha value is -4.83. The summed E-state index contributed by atoms with van der Waals surface area (Å²) in [6.45, 7) is 4.19. The molecule has 5 rings (SSSR count). The van der Waals surface area contributed by atoms with Crippen LogP contribution in [0.5, 0.6) is 5.75 Å². The van der Waals surface area contributed by atoms with Crippen LogP contribution >= 0.6 is 0 Å². The van der Waals surface area contributed by atoms with Crippen LogP contribution in [0.25, 0.3) is 38.9 Å². The minimum atomic E-state index is -0.751. The maximum atomic E-state index is 14.1. The summed E-state index contributed by atoms with van der Waals surface area (Å²) in [6.07, 6.45) is 0. The Bertz CT molecular complexity index is 1700. The lowest BCUT2D eigenvalue weighted by Gasteiger charge is -2.15. The zero-order chi connectivity index (χ0) is 25.2. The van der Waals surface area contributed by atoms with Gasteiger partial charge in [-0.2, -0.15) is 5.26 Å². The minimum absolute atomic E-state index is 0.100. The molecule has 0 fully saturated rings. The molecule has 0 aliphatic rings. The Morgan fingerprint density at radius 1 is 1.00 bits per heavy atom. The molecule has 0 radical (unpaired) electrons. The SMILES string of the molecule is CCOC(=O)c1c(-c2ccc(OCC)cc2)c2oc3ccccc3c2n(-c2cccc(C#N)c2)c1=O. The Labute approximate surface area is 206 Å². The van der Waals surface area contributed by atoms with Crippen molar-refractivity contribution >= 4 is 28.0 Å². The number of rotatable bonds is 6. The molecule has 178 valence electrons. The summed E-state index contributed by atoms with van der Waals surface area (Å²) in [5.74, 6) is -0.0830. The lowest BCUT2D eigenvalue weighted by atomic mass is 9.98. The molecule has 36 heavy (non-hydrogen) atoms. The molecule has 0 bridgehead atoms. The molecular weight excluding hydrogens is 456 g/mol. The van der Waals surface area contributed by atoms with E-state index in [0.29, 0.717) is 56.8 Å². The molecule has 5 aromatic rings. The van der Waals surface area contributed by atoms with Crippen LogP contribution < -0.4 is 10.3 Å². The number of benzene rings is 3. The second-order valence-corrected chi connectivity index (χ2v) is 8.01. The molecule has 0 atom stereocenters. The van der Waals surface area contributed by atoms with Crippen LogP contribution in [-0.4, -0.2) is 23.8 Å². The highest BCUT2D eigenvalue weighted by atomic mass is 16.5. The first-order valence-electron chi connectivity index (χ1n) is 11.6. The van der Waals surface area contributed by atoms with Gasteiger partial charge in [-0.1, -0.05) is 30.3 Å². The molecule has 0 amide bonds. The van der Waals surface area contributed by atoms with Gasteiger partial charge >= 0.3 is 5.97 Å². The minimum Gasteiger partial charge on any atom is -0.494 e. The fourth-order valence-electron chi connectivity index (χ4n) is 4.37. The van der Waals surface area contributed by atoms with Gasteiger partial charge in [-0.3, -0.25) is 9.36 Å². The van der Waals surface area contributed by atoms with Crippen molar-refractivity contribution in [2.45, 2.75) is 13.8 Å². The molecule has 7 heteroatoms. The molecule has 0 saturated carbocycles. The number of carbonyl (C=O) groups is 1. The van der Waals surface area contributed by atoms with Gasteiger partial charge in [-0.25, -0.2) is 4.79 Å². The average Bonchev–Trinajstić information content (AvgIpc) is 3.28. The smallest absolute Gasteiger partial charge is 0.344 e. The monoisotopic (exact) mass is 478 g/mol. The van der Waals surface area contributed by atoms with Crippen LogP contribution in [0.4, 0.5) is 0 Å². The summed E-state index contributed by atoms with van der Waals surface area (Å²) in [5.41, 5.74) is 2.51. The molecule has 0 aliphatic carbocycles. The maximum absolute atomic E-state index is 14.1. The van der Waals surface area contributed by atoms with Gasteiger partial charge in [0.05, 0.1) is 30.5 Å². The summed E-state index contributed by atoms with van der Waals surface area (Å²) in [7, 11) is 0. The zero-order valence-electron chi connectivity index (χ0n) is 19.8. The highest BCUT2D eigenvalue weighted by Gasteiger charge is 2.29. The zero-order valence-corrected chi connectivity index (χ0v) is 19.8. The normalized spacial score (nSPS) is 10.9. The number of para-hydroxylation sites is 1. The number of pyridine rings is 1. The van der Waals surface area contributed by atoms with Crippen LogP contribution in [0.1, 0.15) is 29.8 Å². The highest BCUT2D eigenvalue weighted by Crippen LogP contribution is 2.38. The third kappa shape index (κ3) is 3.79. The fourth-order valence-corrected chi connectivity index (χ4v) is 4.37. The van der Waals surface area contributed by atoms with Gasteiger partial charge in [0.15, 0.2) is 5.58 Å². The van der Waals surface area contributed by atoms with Crippen LogP contribution in [0.3, 0.4) is 0 Å². The Balaban J connectivity index is 1.96. The van der Waals surface area contributed by atoms with Gasteiger partial charge in [-0.15, -0.1) is 0 Å². The topological polar surface area (TPSA) is 94.5 Å². The number of furan rings is 1. The van der Waals surface area contributed by atoms with Gasteiger partial charge in [0.1, 0.15) is 22.4 Å².